The lowest BCUT2D eigenvalue weighted by atomic mass is 10.2. The molecule has 1 N–H and O–H groups in total. The van der Waals surface area contributed by atoms with Gasteiger partial charge in [0, 0.05) is 25.1 Å². The van der Waals surface area contributed by atoms with E-state index in [4.69, 9.17) is 4.74 Å². The monoisotopic (exact) mass is 374 g/mol. The fourth-order valence-corrected chi connectivity index (χ4v) is 2.89. The van der Waals surface area contributed by atoms with E-state index < -0.39 is 5.97 Å². The van der Waals surface area contributed by atoms with Gasteiger partial charge in [-0.1, -0.05) is 12.1 Å². The number of fused-ring (bicyclic) bond motifs is 1. The lowest BCUT2D eigenvalue weighted by Gasteiger charge is -2.11. The number of esters is 1. The molecule has 1 aromatic carbocycles. The van der Waals surface area contributed by atoms with E-state index in [1.54, 1.807) is 23.3 Å². The third-order valence-electron chi connectivity index (χ3n) is 4.30. The molecule has 4 aromatic rings. The van der Waals surface area contributed by atoms with Crippen LogP contribution in [0.3, 0.4) is 0 Å². The topological polar surface area (TPSA) is 94.8 Å². The smallest absolute Gasteiger partial charge is 0.343 e. The minimum Gasteiger partial charge on any atom is -0.465 e. The molecule has 8 nitrogen and oxygen atoms in total. The van der Waals surface area contributed by atoms with E-state index in [0.29, 0.717) is 18.3 Å². The van der Waals surface area contributed by atoms with Crippen molar-refractivity contribution in [2.24, 2.45) is 0 Å². The zero-order chi connectivity index (χ0) is 19.3. The summed E-state index contributed by atoms with van der Waals surface area (Å²) in [6, 6.07) is 11.6. The lowest BCUT2D eigenvalue weighted by Crippen LogP contribution is -2.14. The maximum atomic E-state index is 12.2. The van der Waals surface area contributed by atoms with Gasteiger partial charge in [0.25, 0.3) is 0 Å². The minimum atomic E-state index is -0.504. The number of benzene rings is 1. The van der Waals surface area contributed by atoms with Gasteiger partial charge in [-0.25, -0.2) is 14.8 Å². The summed E-state index contributed by atoms with van der Waals surface area (Å²) in [5.74, 6) is 0.340. The molecule has 0 unspecified atom stereocenters. The van der Waals surface area contributed by atoms with Gasteiger partial charge in [0.15, 0.2) is 5.82 Å². The minimum absolute atomic E-state index is 0.269. The molecule has 0 saturated carbocycles. The van der Waals surface area contributed by atoms with Crippen molar-refractivity contribution in [1.29, 1.82) is 0 Å². The summed E-state index contributed by atoms with van der Waals surface area (Å²) >= 11 is 0. The van der Waals surface area contributed by atoms with E-state index >= 15 is 0 Å². The molecule has 0 bridgehead atoms. The van der Waals surface area contributed by atoms with Crippen LogP contribution >= 0.6 is 0 Å². The van der Waals surface area contributed by atoms with Crippen LogP contribution in [-0.4, -0.2) is 44.1 Å². The van der Waals surface area contributed by atoms with Crippen molar-refractivity contribution in [3.05, 3.63) is 72.4 Å². The number of carbonyl (C=O) groups is 1. The van der Waals surface area contributed by atoms with Crippen LogP contribution in [0.25, 0.3) is 16.9 Å². The molecule has 140 valence electrons. The van der Waals surface area contributed by atoms with Crippen LogP contribution in [0.1, 0.15) is 15.9 Å². The highest BCUT2D eigenvalue weighted by molar-refractivity contribution is 5.93. The van der Waals surface area contributed by atoms with Gasteiger partial charge >= 0.3 is 5.97 Å². The van der Waals surface area contributed by atoms with Gasteiger partial charge in [0.05, 0.1) is 18.1 Å². The van der Waals surface area contributed by atoms with E-state index in [-0.39, 0.29) is 5.56 Å². The van der Waals surface area contributed by atoms with Gasteiger partial charge in [-0.15, -0.1) is 0 Å². The SMILES string of the molecule is COC(=O)c1cnc(NCCc2ccncc2)nc1-n1cnc2ccccc21. The van der Waals surface area contributed by atoms with Gasteiger partial charge in [0.1, 0.15) is 11.9 Å². The van der Waals surface area contributed by atoms with E-state index in [1.165, 1.54) is 13.3 Å². The second-order valence-corrected chi connectivity index (χ2v) is 6.06. The molecule has 0 aliphatic rings. The van der Waals surface area contributed by atoms with Crippen molar-refractivity contribution in [2.45, 2.75) is 6.42 Å². The van der Waals surface area contributed by atoms with Crippen molar-refractivity contribution in [3.63, 3.8) is 0 Å². The first kappa shape index (κ1) is 17.6. The zero-order valence-corrected chi connectivity index (χ0v) is 15.2. The Labute approximate surface area is 161 Å². The number of pyridine rings is 1. The number of anilines is 1. The number of nitrogens with one attached hydrogen (secondary N) is 1. The summed E-state index contributed by atoms with van der Waals surface area (Å²) in [5.41, 5.74) is 3.08. The van der Waals surface area contributed by atoms with Crippen LogP contribution in [0, 0.1) is 0 Å². The molecule has 0 atom stereocenters. The Bertz CT molecular complexity index is 1110. The Morgan fingerprint density at radius 3 is 2.79 bits per heavy atom. The molecule has 0 spiro atoms. The van der Waals surface area contributed by atoms with Crippen molar-refractivity contribution in [3.8, 4) is 5.82 Å². The number of ether oxygens (including phenoxy) is 1. The number of methoxy groups -OCH3 is 1. The number of hydrogen-bond acceptors (Lipinski definition) is 7. The van der Waals surface area contributed by atoms with E-state index in [1.807, 2.05) is 36.4 Å². The van der Waals surface area contributed by atoms with Gasteiger partial charge in [-0.2, -0.15) is 4.98 Å². The molecule has 0 aliphatic heterocycles. The fourth-order valence-electron chi connectivity index (χ4n) is 2.89. The predicted molar refractivity (Wildman–Crippen MR) is 104 cm³/mol. The van der Waals surface area contributed by atoms with Crippen LogP contribution in [0.5, 0.6) is 0 Å². The summed E-state index contributed by atoms with van der Waals surface area (Å²) in [5, 5.41) is 3.20. The molecule has 0 fully saturated rings. The average Bonchev–Trinajstić information content (AvgIpc) is 3.18. The van der Waals surface area contributed by atoms with Crippen LogP contribution in [0.2, 0.25) is 0 Å². The van der Waals surface area contributed by atoms with E-state index in [0.717, 1.165) is 23.0 Å². The molecule has 28 heavy (non-hydrogen) atoms. The number of para-hydroxylation sites is 2. The van der Waals surface area contributed by atoms with Crippen molar-refractivity contribution < 1.29 is 9.53 Å². The van der Waals surface area contributed by atoms with E-state index in [2.05, 4.69) is 25.3 Å². The van der Waals surface area contributed by atoms with Crippen molar-refractivity contribution >= 4 is 23.0 Å². The highest BCUT2D eigenvalue weighted by Crippen LogP contribution is 2.21. The number of imidazole rings is 1. The third kappa shape index (κ3) is 3.52. The molecule has 0 amide bonds. The van der Waals surface area contributed by atoms with Crippen LogP contribution in [0.15, 0.2) is 61.3 Å². The fraction of sp³-hybridized carbons (Fsp3) is 0.150. The maximum absolute atomic E-state index is 12.2. The second kappa shape index (κ2) is 7.83. The number of hydrogen-bond donors (Lipinski definition) is 1. The second-order valence-electron chi connectivity index (χ2n) is 6.06. The van der Waals surface area contributed by atoms with Gasteiger partial charge < -0.3 is 10.1 Å². The van der Waals surface area contributed by atoms with Gasteiger partial charge in [-0.3, -0.25) is 9.55 Å². The molecule has 8 heteroatoms. The molecule has 3 aromatic heterocycles. The summed E-state index contributed by atoms with van der Waals surface area (Å²) in [6.07, 6.45) is 7.43. The first-order chi connectivity index (χ1) is 13.8. The Kier molecular flexibility index (Phi) is 4.92. The summed E-state index contributed by atoms with van der Waals surface area (Å²) in [6.45, 7) is 0.645. The van der Waals surface area contributed by atoms with Gasteiger partial charge in [-0.05, 0) is 36.2 Å². The van der Waals surface area contributed by atoms with Gasteiger partial charge in [0.2, 0.25) is 5.95 Å². The van der Waals surface area contributed by atoms with Crippen molar-refractivity contribution in [1.82, 2.24) is 24.5 Å². The highest BCUT2D eigenvalue weighted by Gasteiger charge is 2.18. The Morgan fingerprint density at radius 1 is 1.14 bits per heavy atom. The van der Waals surface area contributed by atoms with Crippen LogP contribution < -0.4 is 5.32 Å². The molecular formula is C20H18N6O2. The predicted octanol–water partition coefficient (Wildman–Crippen LogP) is 2.65. The first-order valence-corrected chi connectivity index (χ1v) is 8.77. The Hall–Kier alpha value is -3.81. The van der Waals surface area contributed by atoms with Crippen LogP contribution in [-0.2, 0) is 11.2 Å². The molecular weight excluding hydrogens is 356 g/mol. The summed E-state index contributed by atoms with van der Waals surface area (Å²) < 4.78 is 6.65. The Morgan fingerprint density at radius 2 is 1.96 bits per heavy atom. The molecule has 4 rings (SSSR count). The number of rotatable bonds is 6. The average molecular weight is 374 g/mol. The molecule has 0 radical (unpaired) electrons. The standard InChI is InChI=1S/C20H18N6O2/c1-28-19(27)15-12-23-20(22-11-8-14-6-9-21-10-7-14)25-18(15)26-13-24-16-4-2-3-5-17(16)26/h2-7,9-10,12-13H,8,11H2,1H3,(H,22,23,25). The number of aromatic nitrogens is 5. The zero-order valence-electron chi connectivity index (χ0n) is 15.2. The normalized spacial score (nSPS) is 10.8. The van der Waals surface area contributed by atoms with E-state index in [9.17, 15) is 4.79 Å². The Balaban J connectivity index is 1.65. The lowest BCUT2D eigenvalue weighted by molar-refractivity contribution is 0.0600. The number of carbonyl (C=O) groups excluding carboxylic acids is 1. The molecule has 0 aliphatic carbocycles. The number of nitrogens with zero attached hydrogens (tertiary/aromatic N) is 5. The highest BCUT2D eigenvalue weighted by atomic mass is 16.5. The van der Waals surface area contributed by atoms with Crippen molar-refractivity contribution in [2.75, 3.05) is 19.0 Å². The maximum Gasteiger partial charge on any atom is 0.343 e. The summed E-state index contributed by atoms with van der Waals surface area (Å²) in [4.78, 5) is 29.4. The quantitative estimate of drug-likeness (QED) is 0.518. The first-order valence-electron chi connectivity index (χ1n) is 8.77. The largest absolute Gasteiger partial charge is 0.465 e. The van der Waals surface area contributed by atoms with Crippen LogP contribution in [0.4, 0.5) is 5.95 Å². The molecule has 0 saturated heterocycles. The third-order valence-corrected chi connectivity index (χ3v) is 4.30. The summed E-state index contributed by atoms with van der Waals surface area (Å²) in [7, 11) is 1.33. The molecule has 3 heterocycles.